The molecule has 0 fully saturated rings. The summed E-state index contributed by atoms with van der Waals surface area (Å²) < 4.78 is 0. The number of benzene rings is 1. The Labute approximate surface area is 197 Å². The highest BCUT2D eigenvalue weighted by Gasteiger charge is 2.40. The van der Waals surface area contributed by atoms with Gasteiger partial charge in [-0.05, 0) is 42.9 Å². The molecule has 0 spiro atoms. The molecule has 182 valence electrons. The molecule has 7 heteroatoms. The number of nitrogens with one attached hydrogen (secondary N) is 1. The van der Waals surface area contributed by atoms with E-state index in [9.17, 15) is 19.5 Å². The summed E-state index contributed by atoms with van der Waals surface area (Å²) in [6.07, 6.45) is 2.49. The normalized spacial score (nSPS) is 18.9. The topological polar surface area (TPSA) is 90.0 Å². The van der Waals surface area contributed by atoms with E-state index in [4.69, 9.17) is 0 Å². The summed E-state index contributed by atoms with van der Waals surface area (Å²) in [6, 6.07) is 6.30. The number of nitrogens with zero attached hydrogens (tertiary/aromatic N) is 2. The summed E-state index contributed by atoms with van der Waals surface area (Å²) in [5.74, 6) is -1.46. The average molecular weight is 458 g/mol. The quantitative estimate of drug-likeness (QED) is 0.614. The molecule has 1 aliphatic rings. The predicted octanol–water partition coefficient (Wildman–Crippen LogP) is 3.26. The van der Waals surface area contributed by atoms with Gasteiger partial charge >= 0.3 is 5.97 Å². The number of likely N-dealkylation sites (N-methyl/N-ethyl adjacent to an activating group) is 2. The summed E-state index contributed by atoms with van der Waals surface area (Å²) in [4.78, 5) is 42.1. The van der Waals surface area contributed by atoms with E-state index < -0.39 is 29.5 Å². The monoisotopic (exact) mass is 457 g/mol. The van der Waals surface area contributed by atoms with Crippen molar-refractivity contribution >= 4 is 17.8 Å². The summed E-state index contributed by atoms with van der Waals surface area (Å²) in [6.45, 7) is 11.9. The lowest BCUT2D eigenvalue weighted by molar-refractivity contribution is -0.141. The second-order valence-electron chi connectivity index (χ2n) is 10.5. The van der Waals surface area contributed by atoms with Crippen LogP contribution in [0, 0.1) is 11.3 Å². The number of carboxylic acid groups (broad SMARTS) is 1. The van der Waals surface area contributed by atoms with Crippen LogP contribution in [-0.4, -0.2) is 65.4 Å². The van der Waals surface area contributed by atoms with Gasteiger partial charge in [0.05, 0.1) is 6.04 Å². The average Bonchev–Trinajstić information content (AvgIpc) is 2.73. The predicted molar refractivity (Wildman–Crippen MR) is 130 cm³/mol. The van der Waals surface area contributed by atoms with E-state index in [2.05, 4.69) is 5.32 Å². The summed E-state index contributed by atoms with van der Waals surface area (Å²) in [5, 5.41) is 12.3. The zero-order chi connectivity index (χ0) is 25.1. The van der Waals surface area contributed by atoms with E-state index in [-0.39, 0.29) is 23.3 Å². The molecular weight excluding hydrogens is 418 g/mol. The molecule has 2 amide bonds. The Balaban J connectivity index is 2.35. The van der Waals surface area contributed by atoms with Crippen molar-refractivity contribution in [3.8, 4) is 0 Å². The fourth-order valence-electron chi connectivity index (χ4n) is 4.33. The first kappa shape index (κ1) is 26.6. The SMILES string of the molecule is C/C(=C\[C@H](C(C)C)N(C)C(=O)[C@@H](NC(=O)C1c2ccccc2CCN1C)C(C)(C)C)C(=O)O. The molecule has 2 N–H and O–H groups in total. The van der Waals surface area contributed by atoms with Crippen molar-refractivity contribution in [2.75, 3.05) is 20.6 Å². The molecule has 1 aliphatic heterocycles. The van der Waals surface area contributed by atoms with Crippen LogP contribution in [0.4, 0.5) is 0 Å². The van der Waals surface area contributed by atoms with Crippen LogP contribution < -0.4 is 5.32 Å². The van der Waals surface area contributed by atoms with E-state index >= 15 is 0 Å². The third-order valence-corrected chi connectivity index (χ3v) is 6.41. The van der Waals surface area contributed by atoms with Crippen LogP contribution in [0.1, 0.15) is 58.7 Å². The van der Waals surface area contributed by atoms with Crippen molar-refractivity contribution in [3.63, 3.8) is 0 Å². The second kappa shape index (κ2) is 10.5. The van der Waals surface area contributed by atoms with Crippen LogP contribution in [0.15, 0.2) is 35.9 Å². The number of rotatable bonds is 7. The molecule has 3 atom stereocenters. The molecule has 1 heterocycles. The Morgan fingerprint density at radius 1 is 1.21 bits per heavy atom. The van der Waals surface area contributed by atoms with Crippen molar-refractivity contribution in [1.82, 2.24) is 15.1 Å². The van der Waals surface area contributed by atoms with Crippen molar-refractivity contribution in [1.29, 1.82) is 0 Å². The Kier molecular flexibility index (Phi) is 8.46. The van der Waals surface area contributed by atoms with E-state index in [1.165, 1.54) is 6.92 Å². The number of carboxylic acids is 1. The van der Waals surface area contributed by atoms with Gasteiger partial charge in [-0.1, -0.05) is 65.0 Å². The molecule has 2 rings (SSSR count). The number of hydrogen-bond donors (Lipinski definition) is 2. The lowest BCUT2D eigenvalue weighted by Crippen LogP contribution is -2.58. The molecule has 0 saturated heterocycles. The van der Waals surface area contributed by atoms with Crippen LogP contribution in [0.5, 0.6) is 0 Å². The minimum Gasteiger partial charge on any atom is -0.478 e. The third-order valence-electron chi connectivity index (χ3n) is 6.41. The van der Waals surface area contributed by atoms with Crippen LogP contribution >= 0.6 is 0 Å². The van der Waals surface area contributed by atoms with Gasteiger partial charge in [0.1, 0.15) is 12.1 Å². The molecule has 7 nitrogen and oxygen atoms in total. The largest absolute Gasteiger partial charge is 0.478 e. The van der Waals surface area contributed by atoms with E-state index in [0.717, 1.165) is 24.1 Å². The van der Waals surface area contributed by atoms with Crippen molar-refractivity contribution in [2.24, 2.45) is 11.3 Å². The smallest absolute Gasteiger partial charge is 0.331 e. The number of carbonyl (C=O) groups is 3. The van der Waals surface area contributed by atoms with Gasteiger partial charge in [-0.15, -0.1) is 0 Å². The van der Waals surface area contributed by atoms with Gasteiger partial charge in [0.2, 0.25) is 11.8 Å². The lowest BCUT2D eigenvalue weighted by Gasteiger charge is -2.39. The van der Waals surface area contributed by atoms with Gasteiger partial charge in [-0.3, -0.25) is 14.5 Å². The van der Waals surface area contributed by atoms with Gasteiger partial charge in [-0.25, -0.2) is 4.79 Å². The molecule has 1 aromatic rings. The number of fused-ring (bicyclic) bond motifs is 1. The molecule has 33 heavy (non-hydrogen) atoms. The second-order valence-corrected chi connectivity index (χ2v) is 10.5. The first-order valence-electron chi connectivity index (χ1n) is 11.5. The zero-order valence-corrected chi connectivity index (χ0v) is 21.2. The van der Waals surface area contributed by atoms with Crippen LogP contribution in [0.25, 0.3) is 0 Å². The molecule has 0 radical (unpaired) electrons. The molecule has 0 aliphatic carbocycles. The molecule has 0 bridgehead atoms. The maximum Gasteiger partial charge on any atom is 0.331 e. The van der Waals surface area contributed by atoms with Crippen molar-refractivity contribution < 1.29 is 19.5 Å². The maximum absolute atomic E-state index is 13.7. The number of aliphatic carboxylic acids is 1. The summed E-state index contributed by atoms with van der Waals surface area (Å²) in [7, 11) is 3.60. The van der Waals surface area contributed by atoms with Crippen LogP contribution in [-0.2, 0) is 20.8 Å². The number of carbonyl (C=O) groups excluding carboxylic acids is 2. The minimum atomic E-state index is -1.01. The van der Waals surface area contributed by atoms with E-state index in [0.29, 0.717) is 0 Å². The third kappa shape index (κ3) is 6.22. The van der Waals surface area contributed by atoms with Crippen molar-refractivity contribution in [3.05, 3.63) is 47.0 Å². The minimum absolute atomic E-state index is 0.000856. The van der Waals surface area contributed by atoms with Crippen molar-refractivity contribution in [2.45, 2.75) is 66.1 Å². The fraction of sp³-hybridized carbons (Fsp3) is 0.577. The van der Waals surface area contributed by atoms with Gasteiger partial charge in [0.25, 0.3) is 0 Å². The summed E-state index contributed by atoms with van der Waals surface area (Å²) >= 11 is 0. The van der Waals surface area contributed by atoms with Gasteiger partial charge in [0, 0.05) is 19.2 Å². The van der Waals surface area contributed by atoms with Gasteiger partial charge in [0.15, 0.2) is 0 Å². The number of amides is 2. The highest BCUT2D eigenvalue weighted by atomic mass is 16.4. The zero-order valence-electron chi connectivity index (χ0n) is 21.2. The molecule has 0 saturated carbocycles. The molecule has 0 aromatic heterocycles. The first-order chi connectivity index (χ1) is 15.3. The standard InChI is InChI=1S/C26H39N3O4/c1-16(2)20(15-17(3)25(32)33)29(8)24(31)22(26(4,5)6)27-23(30)21-19-12-10-9-11-18(19)13-14-28(21)7/h9-12,15-16,20-22H,13-14H2,1-8H3,(H,27,30)(H,32,33)/b17-15+/t20-,21?,22-/m1/s1. The molecular formula is C26H39N3O4. The highest BCUT2D eigenvalue weighted by molar-refractivity contribution is 5.91. The molecule has 1 aromatic carbocycles. The Hall–Kier alpha value is -2.67. The van der Waals surface area contributed by atoms with Gasteiger partial charge in [-0.2, -0.15) is 0 Å². The molecule has 1 unspecified atom stereocenters. The van der Waals surface area contributed by atoms with E-state index in [1.54, 1.807) is 18.0 Å². The number of hydrogen-bond acceptors (Lipinski definition) is 4. The van der Waals surface area contributed by atoms with Crippen LogP contribution in [0.3, 0.4) is 0 Å². The maximum atomic E-state index is 13.7. The van der Waals surface area contributed by atoms with E-state index in [1.807, 2.05) is 70.8 Å². The Morgan fingerprint density at radius 2 is 1.82 bits per heavy atom. The van der Waals surface area contributed by atoms with Gasteiger partial charge < -0.3 is 15.3 Å². The first-order valence-corrected chi connectivity index (χ1v) is 11.5. The summed E-state index contributed by atoms with van der Waals surface area (Å²) in [5.41, 5.74) is 1.77. The highest BCUT2D eigenvalue weighted by Crippen LogP contribution is 2.30. The Morgan fingerprint density at radius 3 is 2.36 bits per heavy atom. The Bertz CT molecular complexity index is 916. The lowest BCUT2D eigenvalue weighted by atomic mass is 9.84. The van der Waals surface area contributed by atoms with Crippen LogP contribution in [0.2, 0.25) is 0 Å². The fourth-order valence-corrected chi connectivity index (χ4v) is 4.33.